The highest BCUT2D eigenvalue weighted by Crippen LogP contribution is 2.25. The highest BCUT2D eigenvalue weighted by atomic mass is 16.3. The van der Waals surface area contributed by atoms with E-state index in [-0.39, 0.29) is 74.2 Å². The third-order valence-electron chi connectivity index (χ3n) is 10.0. The van der Waals surface area contributed by atoms with Crippen LogP contribution in [0.5, 0.6) is 51.7 Å². The Labute approximate surface area is 428 Å². The molecule has 0 radical (unpaired) electrons. The van der Waals surface area contributed by atoms with E-state index in [4.69, 9.17) is 40.9 Å². The number of rotatable bonds is 8. The zero-order valence-electron chi connectivity index (χ0n) is 42.8. The quantitative estimate of drug-likeness (QED) is 0.0682. The fraction of sp³-hybridized carbons (Fsp3) is 0.0847. The van der Waals surface area contributed by atoms with Crippen molar-refractivity contribution in [3.8, 4) is 51.7 Å². The molecule has 14 heteroatoms. The lowest BCUT2D eigenvalue weighted by Gasteiger charge is -2.05. The van der Waals surface area contributed by atoms with Crippen LogP contribution in [0, 0.1) is 0 Å². The fourth-order valence-electron chi connectivity index (χ4n) is 6.16. The van der Waals surface area contributed by atoms with Gasteiger partial charge in [-0.1, -0.05) is 140 Å². The molecule has 0 aromatic heterocycles. The van der Waals surface area contributed by atoms with Crippen molar-refractivity contribution in [2.24, 2.45) is 0 Å². The Morgan fingerprint density at radius 1 is 0.219 bits per heavy atom. The van der Waals surface area contributed by atoms with Gasteiger partial charge < -0.3 is 72.6 Å². The predicted molar refractivity (Wildman–Crippen MR) is 287 cm³/mol. The summed E-state index contributed by atoms with van der Waals surface area (Å²) in [4.78, 5) is 0. The van der Waals surface area contributed by atoms with Gasteiger partial charge in [0.05, 0.1) is 13.2 Å². The van der Waals surface area contributed by atoms with E-state index >= 15 is 0 Å². The van der Waals surface area contributed by atoms with Gasteiger partial charge in [-0.05, 0) is 130 Å². The number of aliphatic hydroxyl groups excluding tert-OH is 2. The molecule has 0 spiro atoms. The third kappa shape index (κ3) is 23.9. The largest absolute Gasteiger partial charge is 1.00 e. The van der Waals surface area contributed by atoms with Crippen LogP contribution in [0.15, 0.2) is 224 Å². The van der Waals surface area contributed by atoms with Crippen molar-refractivity contribution in [1.82, 2.24) is 0 Å². The molecule has 0 saturated heterocycles. The molecule has 0 amide bonds. The van der Waals surface area contributed by atoms with Crippen molar-refractivity contribution in [2.45, 2.75) is 32.5 Å². The number of benzene rings is 9. The topological polar surface area (TPSA) is 317 Å². The van der Waals surface area contributed by atoms with Crippen molar-refractivity contribution in [3.05, 3.63) is 269 Å². The monoisotopic (exact) mass is 999 g/mol. The summed E-state index contributed by atoms with van der Waals surface area (Å²) in [6, 6.07) is 64.7. The standard InChI is InChI=1S/3C13H12O2.2C7H8O2.C6H6O.3H2O/c14-12-5-1-10(2-6-12)9-11-3-7-13(15)8-4-11;14-12-7-3-1-5-10(12)9-11-6-2-4-8-13(11)15;14-12-7-5-10(6-8-12)9-11-3-1-2-4-13(11)15;8-5-6-1-3-7(9)4-2-6;8-5-6-3-1-2-4-7(6)9;7-6-4-2-1-3-5-6;;;/h3*1-8,14-15H,9H2;2*1-4,8-9H,5H2;1-5,7H;3*1H2/p+3. The van der Waals surface area contributed by atoms with E-state index in [1.807, 2.05) is 78.9 Å². The molecule has 14 nitrogen and oxygen atoms in total. The summed E-state index contributed by atoms with van der Waals surface area (Å²) in [5.74, 6) is 2.37. The van der Waals surface area contributed by atoms with Gasteiger partial charge in [0.2, 0.25) is 0 Å². The Bertz CT molecular complexity index is 2770. The lowest BCUT2D eigenvalue weighted by Crippen LogP contribution is -1.88. The maximum absolute atomic E-state index is 9.58. The van der Waals surface area contributed by atoms with Gasteiger partial charge in [-0.2, -0.15) is 0 Å². The summed E-state index contributed by atoms with van der Waals surface area (Å²) >= 11 is 0. The summed E-state index contributed by atoms with van der Waals surface area (Å²) in [5, 5.41) is 99.6. The SMILES string of the molecule is O.O.O.OCc1ccc(O)cc1.OCc1ccccc1O.Oc1ccc(Cc2ccc(O)cc2)cc1.Oc1ccc(Cc2ccccc2O)cc1.Oc1ccccc1.Oc1ccccc1Cc1ccccc1O.[H+].[H+].[H+]. The molecule has 0 aliphatic carbocycles. The molecule has 0 bridgehead atoms. The Morgan fingerprint density at radius 3 is 0.726 bits per heavy atom. The van der Waals surface area contributed by atoms with Crippen molar-refractivity contribution in [1.29, 1.82) is 0 Å². The number of phenols is 9. The van der Waals surface area contributed by atoms with Gasteiger partial charge >= 0.3 is 4.28 Å². The first-order valence-corrected chi connectivity index (χ1v) is 22.0. The first kappa shape index (κ1) is 62.0. The number of aliphatic hydroxyl groups is 2. The molecular weight excluding hydrogens is 933 g/mol. The molecule has 384 valence electrons. The normalized spacial score (nSPS) is 9.40. The van der Waals surface area contributed by atoms with Crippen LogP contribution in [0.25, 0.3) is 0 Å². The first-order chi connectivity index (χ1) is 33.8. The van der Waals surface area contributed by atoms with Gasteiger partial charge in [0.15, 0.2) is 0 Å². The second kappa shape index (κ2) is 34.3. The average molecular weight is 1000 g/mol. The Balaban J connectivity index is -0.000000845. The van der Waals surface area contributed by atoms with Gasteiger partial charge in [0.1, 0.15) is 51.7 Å². The molecule has 0 aliphatic rings. The zero-order valence-corrected chi connectivity index (χ0v) is 39.8. The number of aromatic hydroxyl groups is 9. The van der Waals surface area contributed by atoms with Crippen LogP contribution in [0.1, 0.15) is 48.8 Å². The van der Waals surface area contributed by atoms with Gasteiger partial charge in [-0.25, -0.2) is 0 Å². The van der Waals surface area contributed by atoms with Crippen LogP contribution < -0.4 is 0 Å². The van der Waals surface area contributed by atoms with E-state index in [0.717, 1.165) is 45.4 Å². The molecule has 0 fully saturated rings. The molecule has 17 N–H and O–H groups in total. The highest BCUT2D eigenvalue weighted by Gasteiger charge is 2.05. The first-order valence-electron chi connectivity index (χ1n) is 22.0. The minimum atomic E-state index is -0.104. The van der Waals surface area contributed by atoms with E-state index in [0.29, 0.717) is 29.9 Å². The van der Waals surface area contributed by atoms with Crippen LogP contribution in [-0.4, -0.2) is 72.6 Å². The summed E-state index contributed by atoms with van der Waals surface area (Å²) in [7, 11) is 0. The Kier molecular flexibility index (Phi) is 29.1. The summed E-state index contributed by atoms with van der Waals surface area (Å²) in [5.41, 5.74) is 7.25. The minimum Gasteiger partial charge on any atom is -0.508 e. The Hall–Kier alpha value is -9.02. The van der Waals surface area contributed by atoms with Crippen LogP contribution in [0.3, 0.4) is 0 Å². The zero-order chi connectivity index (χ0) is 50.5. The van der Waals surface area contributed by atoms with Crippen molar-refractivity contribution in [2.75, 3.05) is 0 Å². The summed E-state index contributed by atoms with van der Waals surface area (Å²) in [6.45, 7) is -0.0764. The van der Waals surface area contributed by atoms with E-state index < -0.39 is 0 Å². The number of para-hydroxylation sites is 5. The lowest BCUT2D eigenvalue weighted by molar-refractivity contribution is 0.275. The molecule has 0 saturated carbocycles. The summed E-state index contributed by atoms with van der Waals surface area (Å²) in [6.07, 6.45) is 2.02. The molecule has 0 heterocycles. The second-order valence-corrected chi connectivity index (χ2v) is 15.4. The average Bonchev–Trinajstić information content (AvgIpc) is 3.37. The van der Waals surface area contributed by atoms with Crippen LogP contribution in [0.4, 0.5) is 0 Å². The van der Waals surface area contributed by atoms with Crippen molar-refractivity contribution >= 4 is 0 Å². The fourth-order valence-corrected chi connectivity index (χ4v) is 6.16. The van der Waals surface area contributed by atoms with Gasteiger partial charge in [0.25, 0.3) is 0 Å². The third-order valence-corrected chi connectivity index (χ3v) is 10.0. The smallest absolute Gasteiger partial charge is 0.508 e. The van der Waals surface area contributed by atoms with Gasteiger partial charge in [-0.3, -0.25) is 0 Å². The van der Waals surface area contributed by atoms with Crippen molar-refractivity contribution in [3.63, 3.8) is 0 Å². The van der Waals surface area contributed by atoms with Gasteiger partial charge in [0, 0.05) is 18.4 Å². The molecule has 0 atom stereocenters. The van der Waals surface area contributed by atoms with E-state index in [2.05, 4.69) is 0 Å². The highest BCUT2D eigenvalue weighted by molar-refractivity contribution is 5.42. The molecule has 9 aromatic carbocycles. The maximum Gasteiger partial charge on any atom is 1.00 e. The molecule has 9 rings (SSSR count). The van der Waals surface area contributed by atoms with Crippen LogP contribution in [0.2, 0.25) is 0 Å². The number of hydrogen-bond donors (Lipinski definition) is 11. The van der Waals surface area contributed by atoms with Crippen LogP contribution in [-0.2, 0) is 32.5 Å². The Morgan fingerprint density at radius 2 is 0.466 bits per heavy atom. The minimum absolute atomic E-state index is 0. The van der Waals surface area contributed by atoms with Crippen molar-refractivity contribution < 1.29 is 76.9 Å². The molecule has 0 unspecified atom stereocenters. The number of phenolic OH excluding ortho intramolecular Hbond substituents is 8. The number of hydrogen-bond acceptors (Lipinski definition) is 11. The predicted octanol–water partition coefficient (Wildman–Crippen LogP) is 9.09. The summed E-state index contributed by atoms with van der Waals surface area (Å²) < 4.78 is 0. The van der Waals surface area contributed by atoms with Crippen LogP contribution >= 0.6 is 0 Å². The van der Waals surface area contributed by atoms with E-state index in [1.54, 1.807) is 146 Å². The van der Waals surface area contributed by atoms with E-state index in [9.17, 15) is 15.3 Å². The molecule has 9 aromatic rings. The molecule has 73 heavy (non-hydrogen) atoms. The maximum atomic E-state index is 9.58. The molecular formula is C59H67O14+3. The van der Waals surface area contributed by atoms with Gasteiger partial charge in [-0.15, -0.1) is 0 Å². The molecule has 0 aliphatic heterocycles. The lowest BCUT2D eigenvalue weighted by atomic mass is 10.0. The second-order valence-electron chi connectivity index (χ2n) is 15.4. The van der Waals surface area contributed by atoms with E-state index in [1.165, 1.54) is 0 Å².